The quantitative estimate of drug-likeness (QED) is 0.423. The van der Waals surface area contributed by atoms with Crippen LogP contribution in [0.5, 0.6) is 0 Å². The van der Waals surface area contributed by atoms with Crippen LogP contribution in [-0.4, -0.2) is 20.9 Å². The van der Waals surface area contributed by atoms with E-state index < -0.39 is 0 Å². The Morgan fingerprint density at radius 3 is 2.50 bits per heavy atom. The van der Waals surface area contributed by atoms with Gasteiger partial charge in [-0.15, -0.1) is 0 Å². The normalized spacial score (nSPS) is 10.2. The van der Waals surface area contributed by atoms with Crippen molar-refractivity contribution in [3.05, 3.63) is 27.8 Å². The van der Waals surface area contributed by atoms with Crippen LogP contribution in [0.1, 0.15) is 19.8 Å². The molecule has 0 saturated heterocycles. The van der Waals surface area contributed by atoms with Gasteiger partial charge in [0.2, 0.25) is 0 Å². The second-order valence-electron chi connectivity index (χ2n) is 2.66. The molecule has 0 fully saturated rings. The van der Waals surface area contributed by atoms with Gasteiger partial charge in [-0.2, -0.15) is 0 Å². The molecule has 0 spiro atoms. The third-order valence-corrected chi connectivity index (χ3v) is 5.43. The van der Waals surface area contributed by atoms with E-state index in [2.05, 4.69) is 53.8 Å². The van der Waals surface area contributed by atoms with Crippen molar-refractivity contribution in [2.45, 2.75) is 24.2 Å². The molecule has 0 aromatic heterocycles. The number of rotatable bonds is 4. The topological polar surface area (TPSA) is 0 Å². The van der Waals surface area contributed by atoms with Crippen molar-refractivity contribution in [1.82, 2.24) is 0 Å². The van der Waals surface area contributed by atoms with Crippen molar-refractivity contribution in [3.8, 4) is 0 Å². The molecule has 1 aromatic carbocycles. The predicted octanol–water partition coefficient (Wildman–Crippen LogP) is 2.84. The molecule has 0 unspecified atom stereocenters. The standard InChI is InChI=1S/C10H13ITe/c1-2-3-8-12-10-6-4-9(11)5-7-10/h4-7H,2-3,8H2,1H3. The first kappa shape index (κ1) is 10.8. The molecule has 66 valence electrons. The van der Waals surface area contributed by atoms with E-state index in [1.807, 2.05) is 0 Å². The summed E-state index contributed by atoms with van der Waals surface area (Å²) in [6, 6.07) is 9.01. The van der Waals surface area contributed by atoms with Crippen LogP contribution in [0.4, 0.5) is 0 Å². The summed E-state index contributed by atoms with van der Waals surface area (Å²) in [7, 11) is 0. The van der Waals surface area contributed by atoms with Crippen LogP contribution in [0.3, 0.4) is 0 Å². The van der Waals surface area contributed by atoms with E-state index in [9.17, 15) is 0 Å². The third kappa shape index (κ3) is 4.11. The van der Waals surface area contributed by atoms with E-state index >= 15 is 0 Å². The van der Waals surface area contributed by atoms with Gasteiger partial charge in [-0.05, 0) is 0 Å². The van der Waals surface area contributed by atoms with Crippen LogP contribution >= 0.6 is 22.6 Å². The molecular weight excluding hydrogens is 375 g/mol. The zero-order valence-corrected chi connectivity index (χ0v) is 11.7. The summed E-state index contributed by atoms with van der Waals surface area (Å²) in [6.07, 6.45) is 2.75. The number of unbranched alkanes of at least 4 members (excludes halogenated alkanes) is 1. The second kappa shape index (κ2) is 6.23. The third-order valence-electron chi connectivity index (χ3n) is 1.58. The van der Waals surface area contributed by atoms with Gasteiger partial charge in [0.1, 0.15) is 0 Å². The molecule has 0 bridgehead atoms. The van der Waals surface area contributed by atoms with E-state index in [1.54, 1.807) is 3.61 Å². The minimum absolute atomic E-state index is 0.134. The van der Waals surface area contributed by atoms with E-state index in [4.69, 9.17) is 0 Å². The average Bonchev–Trinajstić information content (AvgIpc) is 2.09. The van der Waals surface area contributed by atoms with Crippen LogP contribution in [0, 0.1) is 3.57 Å². The Morgan fingerprint density at radius 2 is 1.92 bits per heavy atom. The SMILES string of the molecule is CCCC[Te]c1ccc(I)cc1. The molecule has 12 heavy (non-hydrogen) atoms. The van der Waals surface area contributed by atoms with Crippen LogP contribution in [0.25, 0.3) is 0 Å². The number of halogens is 1. The van der Waals surface area contributed by atoms with E-state index in [0.29, 0.717) is 0 Å². The van der Waals surface area contributed by atoms with Gasteiger partial charge < -0.3 is 0 Å². The fraction of sp³-hybridized carbons (Fsp3) is 0.400. The van der Waals surface area contributed by atoms with Crippen LogP contribution in [-0.2, 0) is 0 Å². The van der Waals surface area contributed by atoms with Crippen molar-refractivity contribution in [1.29, 1.82) is 0 Å². The van der Waals surface area contributed by atoms with Gasteiger partial charge in [0.25, 0.3) is 0 Å². The van der Waals surface area contributed by atoms with Gasteiger partial charge in [0.15, 0.2) is 0 Å². The van der Waals surface area contributed by atoms with Crippen molar-refractivity contribution in [2.24, 2.45) is 0 Å². The zero-order valence-electron chi connectivity index (χ0n) is 7.22. The Balaban J connectivity index is 2.37. The molecular formula is C10H13ITe. The van der Waals surface area contributed by atoms with Crippen molar-refractivity contribution >= 4 is 47.1 Å². The van der Waals surface area contributed by atoms with Gasteiger partial charge in [0, 0.05) is 0 Å². The Morgan fingerprint density at radius 1 is 1.25 bits per heavy atom. The Bertz CT molecular complexity index is 218. The second-order valence-corrected chi connectivity index (χ2v) is 7.24. The average molecular weight is 388 g/mol. The monoisotopic (exact) mass is 390 g/mol. The summed E-state index contributed by atoms with van der Waals surface area (Å²) in [5.74, 6) is 0. The zero-order chi connectivity index (χ0) is 8.81. The summed E-state index contributed by atoms with van der Waals surface area (Å²) >= 11 is 2.49. The van der Waals surface area contributed by atoms with Crippen molar-refractivity contribution < 1.29 is 0 Å². The first-order chi connectivity index (χ1) is 5.83. The summed E-state index contributed by atoms with van der Waals surface area (Å²) in [5, 5.41) is 0. The molecule has 0 aliphatic heterocycles. The molecule has 0 aliphatic rings. The van der Waals surface area contributed by atoms with Crippen molar-refractivity contribution in [2.75, 3.05) is 0 Å². The molecule has 0 radical (unpaired) electrons. The fourth-order valence-corrected chi connectivity index (χ4v) is 4.07. The molecule has 0 atom stereocenters. The Kier molecular flexibility index (Phi) is 5.62. The first-order valence-corrected chi connectivity index (χ1v) is 8.10. The Hall–Kier alpha value is 0.740. The molecule has 0 amide bonds. The predicted molar refractivity (Wildman–Crippen MR) is 64.3 cm³/mol. The van der Waals surface area contributed by atoms with Gasteiger partial charge in [-0.3, -0.25) is 0 Å². The molecule has 0 saturated carbocycles. The maximum absolute atomic E-state index is 2.36. The molecule has 2 heteroatoms. The molecule has 0 N–H and O–H groups in total. The van der Waals surface area contributed by atoms with Gasteiger partial charge in [0.05, 0.1) is 0 Å². The maximum atomic E-state index is 2.36. The van der Waals surface area contributed by atoms with Gasteiger partial charge in [-0.1, -0.05) is 0 Å². The van der Waals surface area contributed by atoms with E-state index in [1.165, 1.54) is 20.9 Å². The summed E-state index contributed by atoms with van der Waals surface area (Å²) in [4.78, 5) is 0. The van der Waals surface area contributed by atoms with Crippen LogP contribution < -0.4 is 3.61 Å². The van der Waals surface area contributed by atoms with Crippen molar-refractivity contribution in [3.63, 3.8) is 0 Å². The molecule has 0 nitrogen and oxygen atoms in total. The summed E-state index contributed by atoms with van der Waals surface area (Å²) in [5.41, 5.74) is 0. The van der Waals surface area contributed by atoms with Gasteiger partial charge >= 0.3 is 99.2 Å². The molecule has 1 aromatic rings. The molecule has 0 aliphatic carbocycles. The summed E-state index contributed by atoms with van der Waals surface area (Å²) in [6.45, 7) is 2.26. The number of hydrogen-bond acceptors (Lipinski definition) is 0. The van der Waals surface area contributed by atoms with Crippen LogP contribution in [0.2, 0.25) is 4.47 Å². The first-order valence-electron chi connectivity index (χ1n) is 4.21. The number of benzene rings is 1. The minimum atomic E-state index is 0.134. The fourth-order valence-electron chi connectivity index (χ4n) is 0.865. The summed E-state index contributed by atoms with van der Waals surface area (Å²) < 4.78 is 4.41. The molecule has 1 rings (SSSR count). The Labute approximate surface area is 98.4 Å². The van der Waals surface area contributed by atoms with Crippen LogP contribution in [0.15, 0.2) is 24.3 Å². The van der Waals surface area contributed by atoms with E-state index in [0.717, 1.165) is 0 Å². The van der Waals surface area contributed by atoms with E-state index in [-0.39, 0.29) is 20.9 Å². The van der Waals surface area contributed by atoms with Gasteiger partial charge in [-0.25, -0.2) is 0 Å². The molecule has 0 heterocycles. The number of hydrogen-bond donors (Lipinski definition) is 0.